The summed E-state index contributed by atoms with van der Waals surface area (Å²) in [5, 5.41) is 20.5. The molecule has 3 rings (SSSR count). The van der Waals surface area contributed by atoms with Crippen molar-refractivity contribution in [2.24, 2.45) is 0 Å². The van der Waals surface area contributed by atoms with Crippen LogP contribution in [0.25, 0.3) is 12.2 Å². The Labute approximate surface area is 183 Å². The number of ether oxygens (including phenoxy) is 2. The maximum Gasteiger partial charge on any atom is 0.395 e. The number of rotatable bonds is 9. The second kappa shape index (κ2) is 10.1. The minimum atomic E-state index is -1.04. The molecule has 0 unspecified atom stereocenters. The number of nitrogens with zero attached hydrogens (tertiary/aromatic N) is 2. The van der Waals surface area contributed by atoms with E-state index in [0.717, 1.165) is 11.1 Å². The molecular weight excluding hydrogens is 414 g/mol. The third-order valence-corrected chi connectivity index (χ3v) is 4.48. The third-order valence-electron chi connectivity index (χ3n) is 4.48. The lowest BCUT2D eigenvalue weighted by atomic mass is 10.0. The van der Waals surface area contributed by atoms with Crippen molar-refractivity contribution < 1.29 is 19.5 Å². The predicted octanol–water partition coefficient (Wildman–Crippen LogP) is 3.87. The van der Waals surface area contributed by atoms with Gasteiger partial charge < -0.3 is 19.6 Å². The molecule has 3 aromatic rings. The van der Waals surface area contributed by atoms with Crippen LogP contribution >= 0.6 is 0 Å². The topological polar surface area (TPSA) is 128 Å². The first-order chi connectivity index (χ1) is 15.4. The van der Waals surface area contributed by atoms with E-state index in [1.54, 1.807) is 18.2 Å². The van der Waals surface area contributed by atoms with Gasteiger partial charge in [-0.25, -0.2) is 0 Å². The lowest BCUT2D eigenvalue weighted by molar-refractivity contribution is -0.387. The Bertz CT molecular complexity index is 1220. The zero-order valence-electron chi connectivity index (χ0n) is 17.3. The summed E-state index contributed by atoms with van der Waals surface area (Å²) in [7, 11) is 1.53. The molecule has 32 heavy (non-hydrogen) atoms. The van der Waals surface area contributed by atoms with Crippen molar-refractivity contribution in [1.82, 2.24) is 9.97 Å². The van der Waals surface area contributed by atoms with Gasteiger partial charge in [0.15, 0.2) is 11.5 Å². The molecule has 0 saturated heterocycles. The van der Waals surface area contributed by atoms with Crippen LogP contribution in [0, 0.1) is 10.1 Å². The number of aromatic amines is 1. The maximum absolute atomic E-state index is 11.8. The van der Waals surface area contributed by atoms with Gasteiger partial charge in [0.05, 0.1) is 12.0 Å². The smallest absolute Gasteiger partial charge is 0.395 e. The van der Waals surface area contributed by atoms with Crippen molar-refractivity contribution in [3.05, 3.63) is 98.1 Å². The summed E-state index contributed by atoms with van der Waals surface area (Å²) in [6.07, 6.45) is 5.31. The van der Waals surface area contributed by atoms with E-state index in [2.05, 4.69) is 16.5 Å². The molecule has 0 fully saturated rings. The van der Waals surface area contributed by atoms with Crippen LogP contribution in [0.3, 0.4) is 0 Å². The average Bonchev–Trinajstić information content (AvgIpc) is 2.76. The highest BCUT2D eigenvalue weighted by molar-refractivity contribution is 5.70. The van der Waals surface area contributed by atoms with Crippen LogP contribution in [0.15, 0.2) is 59.9 Å². The quantitative estimate of drug-likeness (QED) is 0.297. The normalized spacial score (nSPS) is 10.8. The second-order valence-corrected chi connectivity index (χ2v) is 6.69. The van der Waals surface area contributed by atoms with Crippen LogP contribution in [0.4, 0.5) is 5.69 Å². The molecule has 0 aliphatic carbocycles. The molecule has 0 amide bonds. The molecule has 0 aliphatic heterocycles. The van der Waals surface area contributed by atoms with E-state index in [0.29, 0.717) is 30.1 Å². The zero-order chi connectivity index (χ0) is 23.1. The van der Waals surface area contributed by atoms with Gasteiger partial charge in [0.1, 0.15) is 12.4 Å². The number of hydrogen-bond donors (Lipinski definition) is 2. The largest absolute Gasteiger partial charge is 0.493 e. The van der Waals surface area contributed by atoms with Crippen LogP contribution < -0.4 is 15.0 Å². The SMILES string of the molecule is C=CCc1cc(/C=C/c2nc(O)c([N+](=O)[O-])c(=O)[nH]2)cc(OC)c1OCc1ccccc1. The Kier molecular flexibility index (Phi) is 7.02. The van der Waals surface area contributed by atoms with Gasteiger partial charge in [0.2, 0.25) is 0 Å². The number of benzene rings is 2. The molecule has 9 heteroatoms. The molecule has 1 aromatic heterocycles. The number of H-pyrrole nitrogens is 1. The number of nitrogens with one attached hydrogen (secondary N) is 1. The highest BCUT2D eigenvalue weighted by Crippen LogP contribution is 2.35. The highest BCUT2D eigenvalue weighted by Gasteiger charge is 2.21. The fraction of sp³-hybridized carbons (Fsp3) is 0.130. The lowest BCUT2D eigenvalue weighted by Gasteiger charge is -2.16. The van der Waals surface area contributed by atoms with Crippen LogP contribution in [0.5, 0.6) is 17.4 Å². The number of methoxy groups -OCH3 is 1. The molecule has 1 heterocycles. The Morgan fingerprint density at radius 1 is 1.25 bits per heavy atom. The van der Waals surface area contributed by atoms with E-state index in [1.165, 1.54) is 13.2 Å². The second-order valence-electron chi connectivity index (χ2n) is 6.69. The van der Waals surface area contributed by atoms with Gasteiger partial charge in [0, 0.05) is 5.56 Å². The fourth-order valence-electron chi connectivity index (χ4n) is 3.02. The van der Waals surface area contributed by atoms with Gasteiger partial charge in [-0.15, -0.1) is 6.58 Å². The van der Waals surface area contributed by atoms with Crippen LogP contribution in [0.2, 0.25) is 0 Å². The zero-order valence-corrected chi connectivity index (χ0v) is 17.3. The number of aromatic nitrogens is 2. The summed E-state index contributed by atoms with van der Waals surface area (Å²) in [5.41, 5.74) is 0.499. The van der Waals surface area contributed by atoms with E-state index in [-0.39, 0.29) is 5.82 Å². The van der Waals surface area contributed by atoms with Gasteiger partial charge in [-0.05, 0) is 35.8 Å². The molecule has 0 atom stereocenters. The summed E-state index contributed by atoms with van der Waals surface area (Å²) >= 11 is 0. The minimum absolute atomic E-state index is 0.0354. The average molecular weight is 435 g/mol. The first kappa shape index (κ1) is 22.3. The number of aromatic hydroxyl groups is 1. The number of nitro groups is 1. The summed E-state index contributed by atoms with van der Waals surface area (Å²) < 4.78 is 11.5. The Hall–Kier alpha value is -4.40. The third kappa shape index (κ3) is 5.20. The molecular formula is C23H21N3O6. The van der Waals surface area contributed by atoms with Crippen molar-refractivity contribution >= 4 is 17.8 Å². The van der Waals surface area contributed by atoms with Crippen molar-refractivity contribution in [3.8, 4) is 17.4 Å². The van der Waals surface area contributed by atoms with Crippen LogP contribution in [0.1, 0.15) is 22.5 Å². The Morgan fingerprint density at radius 3 is 2.62 bits per heavy atom. The summed E-state index contributed by atoms with van der Waals surface area (Å²) in [6.45, 7) is 4.15. The molecule has 9 nitrogen and oxygen atoms in total. The van der Waals surface area contributed by atoms with E-state index >= 15 is 0 Å². The molecule has 0 aliphatic rings. The van der Waals surface area contributed by atoms with E-state index < -0.39 is 22.0 Å². The van der Waals surface area contributed by atoms with E-state index in [9.17, 15) is 20.0 Å². The van der Waals surface area contributed by atoms with E-state index in [4.69, 9.17) is 9.47 Å². The molecule has 164 valence electrons. The van der Waals surface area contributed by atoms with Crippen LogP contribution in [-0.4, -0.2) is 27.1 Å². The molecule has 0 saturated carbocycles. The molecule has 0 bridgehead atoms. The van der Waals surface area contributed by atoms with Gasteiger partial charge >= 0.3 is 11.2 Å². The molecule has 2 N–H and O–H groups in total. The Morgan fingerprint density at radius 2 is 2.00 bits per heavy atom. The standard InChI is InChI=1S/C23H21N3O6/c1-3-7-17-12-16(10-11-19-24-22(27)20(26(29)30)23(28)25-19)13-18(31-2)21(17)32-14-15-8-5-4-6-9-15/h3-6,8-13H,1,7,14H2,2H3,(H2,24,25,27,28)/b11-10+. The lowest BCUT2D eigenvalue weighted by Crippen LogP contribution is -2.14. The first-order valence-electron chi connectivity index (χ1n) is 9.57. The number of allylic oxidation sites excluding steroid dienone is 1. The highest BCUT2D eigenvalue weighted by atomic mass is 16.6. The van der Waals surface area contributed by atoms with Crippen molar-refractivity contribution in [1.29, 1.82) is 0 Å². The van der Waals surface area contributed by atoms with Gasteiger partial charge in [-0.2, -0.15) is 4.98 Å². The predicted molar refractivity (Wildman–Crippen MR) is 120 cm³/mol. The Balaban J connectivity index is 1.92. The first-order valence-corrected chi connectivity index (χ1v) is 9.57. The fourth-order valence-corrected chi connectivity index (χ4v) is 3.02. The molecule has 2 aromatic carbocycles. The molecule has 0 radical (unpaired) electrons. The summed E-state index contributed by atoms with van der Waals surface area (Å²) in [4.78, 5) is 27.5. The van der Waals surface area contributed by atoms with E-state index in [1.807, 2.05) is 36.4 Å². The van der Waals surface area contributed by atoms with Crippen LogP contribution in [-0.2, 0) is 13.0 Å². The van der Waals surface area contributed by atoms with Crippen molar-refractivity contribution in [3.63, 3.8) is 0 Å². The number of hydrogen-bond acceptors (Lipinski definition) is 7. The minimum Gasteiger partial charge on any atom is -0.493 e. The van der Waals surface area contributed by atoms with Crippen molar-refractivity contribution in [2.45, 2.75) is 13.0 Å². The van der Waals surface area contributed by atoms with Gasteiger partial charge in [-0.3, -0.25) is 14.9 Å². The van der Waals surface area contributed by atoms with Gasteiger partial charge in [0.25, 0.3) is 5.88 Å². The summed E-state index contributed by atoms with van der Waals surface area (Å²) in [5.74, 6) is 0.112. The monoisotopic (exact) mass is 435 g/mol. The maximum atomic E-state index is 11.8. The van der Waals surface area contributed by atoms with Crippen molar-refractivity contribution in [2.75, 3.05) is 7.11 Å². The molecule has 0 spiro atoms. The van der Waals surface area contributed by atoms with Gasteiger partial charge in [-0.1, -0.05) is 42.5 Å². The summed E-state index contributed by atoms with van der Waals surface area (Å²) in [6, 6.07) is 13.3.